The monoisotopic (exact) mass is 324 g/mol. The molecule has 0 spiro atoms. The number of rotatable bonds is 2. The third-order valence-electron chi connectivity index (χ3n) is 4.86. The van der Waals surface area contributed by atoms with Gasteiger partial charge in [-0.05, 0) is 63.3 Å². The molecule has 0 saturated carbocycles. The van der Waals surface area contributed by atoms with E-state index in [0.29, 0.717) is 11.8 Å². The number of hydrogen-bond acceptors (Lipinski definition) is 4. The second kappa shape index (κ2) is 5.83. The van der Waals surface area contributed by atoms with Crippen molar-refractivity contribution in [2.75, 3.05) is 25.0 Å². The standard InChI is InChI=1S/C19H20N2O3/c1-20-10-8-14(9-11-20)21-15-4-2-3-5-17(15)24-18-12-13(19(22)23)6-7-16(18)21/h2-7,12,14H,8-11H2,1H3,(H,22,23). The van der Waals surface area contributed by atoms with Crippen LogP contribution in [-0.2, 0) is 0 Å². The summed E-state index contributed by atoms with van der Waals surface area (Å²) in [6, 6.07) is 13.5. The van der Waals surface area contributed by atoms with Gasteiger partial charge in [-0.2, -0.15) is 0 Å². The predicted octanol–water partition coefficient (Wildman–Crippen LogP) is 3.72. The van der Waals surface area contributed by atoms with E-state index in [-0.39, 0.29) is 5.56 Å². The van der Waals surface area contributed by atoms with Gasteiger partial charge in [0.1, 0.15) is 0 Å². The van der Waals surface area contributed by atoms with Gasteiger partial charge in [0.15, 0.2) is 11.5 Å². The molecule has 0 amide bonds. The summed E-state index contributed by atoms with van der Waals surface area (Å²) in [4.78, 5) is 15.9. The van der Waals surface area contributed by atoms with Crippen LogP contribution in [0.15, 0.2) is 42.5 Å². The fraction of sp³-hybridized carbons (Fsp3) is 0.316. The smallest absolute Gasteiger partial charge is 0.335 e. The Hall–Kier alpha value is -2.53. The van der Waals surface area contributed by atoms with E-state index in [1.807, 2.05) is 24.3 Å². The van der Waals surface area contributed by atoms with Crippen molar-refractivity contribution in [3.8, 4) is 11.5 Å². The zero-order chi connectivity index (χ0) is 16.7. The van der Waals surface area contributed by atoms with Crippen LogP contribution in [0.3, 0.4) is 0 Å². The van der Waals surface area contributed by atoms with Crippen molar-refractivity contribution in [2.45, 2.75) is 18.9 Å². The Morgan fingerprint density at radius 1 is 1.08 bits per heavy atom. The molecule has 0 unspecified atom stereocenters. The molecule has 24 heavy (non-hydrogen) atoms. The molecule has 5 heteroatoms. The van der Waals surface area contributed by atoms with Gasteiger partial charge in [0.25, 0.3) is 0 Å². The number of carboxylic acids is 1. The number of carbonyl (C=O) groups is 1. The van der Waals surface area contributed by atoms with Crippen LogP contribution < -0.4 is 9.64 Å². The minimum absolute atomic E-state index is 0.247. The summed E-state index contributed by atoms with van der Waals surface area (Å²) in [5.41, 5.74) is 2.26. The summed E-state index contributed by atoms with van der Waals surface area (Å²) in [7, 11) is 2.15. The zero-order valence-electron chi connectivity index (χ0n) is 13.6. The van der Waals surface area contributed by atoms with E-state index in [1.165, 1.54) is 0 Å². The van der Waals surface area contributed by atoms with Crippen LogP contribution in [0.2, 0.25) is 0 Å². The molecule has 2 aliphatic heterocycles. The Labute approximate surface area is 141 Å². The maximum atomic E-state index is 11.3. The Bertz CT molecular complexity index is 782. The van der Waals surface area contributed by atoms with Crippen molar-refractivity contribution in [3.05, 3.63) is 48.0 Å². The average molecular weight is 324 g/mol. The van der Waals surface area contributed by atoms with Crippen LogP contribution in [0, 0.1) is 0 Å². The van der Waals surface area contributed by atoms with Gasteiger partial charge in [-0.25, -0.2) is 4.79 Å². The lowest BCUT2D eigenvalue weighted by Gasteiger charge is -2.42. The first kappa shape index (κ1) is 15.0. The molecule has 2 aromatic rings. The van der Waals surface area contributed by atoms with Gasteiger partial charge in [0.05, 0.1) is 16.9 Å². The number of piperidine rings is 1. The summed E-state index contributed by atoms with van der Waals surface area (Å²) in [6.45, 7) is 2.12. The highest BCUT2D eigenvalue weighted by Gasteiger charge is 2.32. The number of anilines is 2. The molecule has 2 heterocycles. The second-order valence-corrected chi connectivity index (χ2v) is 6.46. The van der Waals surface area contributed by atoms with Crippen molar-refractivity contribution in [3.63, 3.8) is 0 Å². The molecule has 0 aromatic heterocycles. The fourth-order valence-electron chi connectivity index (χ4n) is 3.57. The van der Waals surface area contributed by atoms with Crippen molar-refractivity contribution in [1.82, 2.24) is 4.90 Å². The lowest BCUT2D eigenvalue weighted by Crippen LogP contribution is -2.42. The van der Waals surface area contributed by atoms with Crippen molar-refractivity contribution >= 4 is 17.3 Å². The minimum atomic E-state index is -0.939. The van der Waals surface area contributed by atoms with Gasteiger partial charge in [-0.3, -0.25) is 0 Å². The Balaban J connectivity index is 1.79. The Kier molecular flexibility index (Phi) is 3.65. The highest BCUT2D eigenvalue weighted by atomic mass is 16.5. The first-order valence-corrected chi connectivity index (χ1v) is 8.25. The number of ether oxygens (including phenoxy) is 1. The minimum Gasteiger partial charge on any atom is -0.478 e. The topological polar surface area (TPSA) is 53.0 Å². The number of hydrogen-bond donors (Lipinski definition) is 1. The summed E-state index contributed by atoms with van der Waals surface area (Å²) in [5.74, 6) is 0.463. The van der Waals surface area contributed by atoms with Gasteiger partial charge in [-0.15, -0.1) is 0 Å². The van der Waals surface area contributed by atoms with E-state index < -0.39 is 5.97 Å². The van der Waals surface area contributed by atoms with Crippen LogP contribution in [0.4, 0.5) is 11.4 Å². The third kappa shape index (κ3) is 2.51. The number of likely N-dealkylation sites (tertiary alicyclic amines) is 1. The summed E-state index contributed by atoms with van der Waals surface area (Å²) < 4.78 is 6.00. The van der Waals surface area contributed by atoms with Crippen molar-refractivity contribution in [1.29, 1.82) is 0 Å². The molecule has 1 saturated heterocycles. The largest absolute Gasteiger partial charge is 0.478 e. The van der Waals surface area contributed by atoms with E-state index in [0.717, 1.165) is 43.1 Å². The maximum Gasteiger partial charge on any atom is 0.335 e. The molecular weight excluding hydrogens is 304 g/mol. The second-order valence-electron chi connectivity index (χ2n) is 6.46. The maximum absolute atomic E-state index is 11.3. The number of para-hydroxylation sites is 2. The Morgan fingerprint density at radius 2 is 1.79 bits per heavy atom. The lowest BCUT2D eigenvalue weighted by atomic mass is 10.00. The summed E-state index contributed by atoms with van der Waals surface area (Å²) in [5, 5.41) is 9.25. The number of fused-ring (bicyclic) bond motifs is 2. The van der Waals surface area contributed by atoms with Crippen LogP contribution in [0.5, 0.6) is 11.5 Å². The third-order valence-corrected chi connectivity index (χ3v) is 4.86. The van der Waals surface area contributed by atoms with E-state index in [2.05, 4.69) is 22.9 Å². The molecule has 0 radical (unpaired) electrons. The van der Waals surface area contributed by atoms with Gasteiger partial charge in [0, 0.05) is 6.04 Å². The SMILES string of the molecule is CN1CCC(N2c3ccccc3Oc3cc(C(=O)O)ccc32)CC1. The summed E-state index contributed by atoms with van der Waals surface area (Å²) in [6.07, 6.45) is 2.15. The van der Waals surface area contributed by atoms with Crippen LogP contribution >= 0.6 is 0 Å². The first-order valence-electron chi connectivity index (χ1n) is 8.25. The number of nitrogens with zero attached hydrogens (tertiary/aromatic N) is 2. The molecule has 2 aromatic carbocycles. The molecule has 124 valence electrons. The quantitative estimate of drug-likeness (QED) is 0.912. The molecule has 1 N–H and O–H groups in total. The zero-order valence-corrected chi connectivity index (χ0v) is 13.6. The molecule has 1 fully saturated rings. The number of benzene rings is 2. The number of aromatic carboxylic acids is 1. The van der Waals surface area contributed by atoms with Crippen LogP contribution in [0.25, 0.3) is 0 Å². The van der Waals surface area contributed by atoms with Crippen molar-refractivity contribution in [2.24, 2.45) is 0 Å². The summed E-state index contributed by atoms with van der Waals surface area (Å²) >= 11 is 0. The van der Waals surface area contributed by atoms with E-state index in [4.69, 9.17) is 4.74 Å². The Morgan fingerprint density at radius 3 is 2.54 bits per heavy atom. The molecule has 0 aliphatic carbocycles. The first-order chi connectivity index (χ1) is 11.6. The average Bonchev–Trinajstić information content (AvgIpc) is 2.60. The molecule has 0 bridgehead atoms. The normalized spacial score (nSPS) is 17.8. The highest BCUT2D eigenvalue weighted by Crippen LogP contribution is 2.48. The number of carboxylic acid groups (broad SMARTS) is 1. The lowest BCUT2D eigenvalue weighted by molar-refractivity contribution is 0.0696. The fourth-order valence-corrected chi connectivity index (χ4v) is 3.57. The molecule has 4 rings (SSSR count). The molecular formula is C19H20N2O3. The predicted molar refractivity (Wildman–Crippen MR) is 92.6 cm³/mol. The van der Waals surface area contributed by atoms with Gasteiger partial charge in [-0.1, -0.05) is 12.1 Å². The van der Waals surface area contributed by atoms with Crippen LogP contribution in [-0.4, -0.2) is 42.2 Å². The van der Waals surface area contributed by atoms with Crippen LogP contribution in [0.1, 0.15) is 23.2 Å². The molecule has 5 nitrogen and oxygen atoms in total. The van der Waals surface area contributed by atoms with Crippen molar-refractivity contribution < 1.29 is 14.6 Å². The van der Waals surface area contributed by atoms with Gasteiger partial charge >= 0.3 is 5.97 Å². The van der Waals surface area contributed by atoms with E-state index in [1.54, 1.807) is 12.1 Å². The van der Waals surface area contributed by atoms with E-state index >= 15 is 0 Å². The van der Waals surface area contributed by atoms with Gasteiger partial charge < -0.3 is 19.6 Å². The van der Waals surface area contributed by atoms with E-state index in [9.17, 15) is 9.90 Å². The molecule has 2 aliphatic rings. The highest BCUT2D eigenvalue weighted by molar-refractivity contribution is 5.90. The van der Waals surface area contributed by atoms with Gasteiger partial charge in [0.2, 0.25) is 0 Å². The molecule has 0 atom stereocenters.